The standard InChI is InChI=1S/C30H30N4O8S/c1-41-29(38)30(15-5-6-16-30)34-26(35)19-11-14-22(24(17-19)28(37)42-43(2,39)40)21-7-3-4-8-23(21)27(36)33-20-12-9-18(10-13-20)25(31)32/h3-4,7-14,17H,5-6,15-16H2,1-2H3,(H3,31,32)(H,33,36)(H,34,35). The molecule has 0 radical (unpaired) electrons. The quantitative estimate of drug-likeness (QED) is 0.122. The van der Waals surface area contributed by atoms with Crippen LogP contribution in [0, 0.1) is 5.41 Å². The highest BCUT2D eigenvalue weighted by atomic mass is 32.2. The number of nitrogens with two attached hydrogens (primary N) is 1. The number of esters is 1. The number of methoxy groups -OCH3 is 1. The average molecular weight is 607 g/mol. The SMILES string of the molecule is COC(=O)C1(NC(=O)c2ccc(-c3ccccc3C(=O)Nc3ccc(C(=N)N)cc3)c(C(=O)OS(C)(=O)=O)c2)CCCC1. The van der Waals surface area contributed by atoms with Crippen LogP contribution in [0.25, 0.3) is 11.1 Å². The number of amides is 2. The van der Waals surface area contributed by atoms with Crippen LogP contribution in [0.15, 0.2) is 66.7 Å². The molecule has 224 valence electrons. The highest BCUT2D eigenvalue weighted by Crippen LogP contribution is 2.33. The Morgan fingerprint density at radius 3 is 2.07 bits per heavy atom. The summed E-state index contributed by atoms with van der Waals surface area (Å²) < 4.78 is 33.3. The van der Waals surface area contributed by atoms with Gasteiger partial charge in [-0.1, -0.05) is 37.1 Å². The van der Waals surface area contributed by atoms with E-state index in [4.69, 9.17) is 15.9 Å². The average Bonchev–Trinajstić information content (AvgIpc) is 3.45. The maximum atomic E-state index is 13.3. The molecule has 12 nitrogen and oxygen atoms in total. The van der Waals surface area contributed by atoms with Crippen LogP contribution in [-0.4, -0.2) is 56.9 Å². The van der Waals surface area contributed by atoms with Crippen LogP contribution in [-0.2, 0) is 23.8 Å². The van der Waals surface area contributed by atoms with Gasteiger partial charge in [-0.05, 0) is 66.4 Å². The molecule has 2 amide bonds. The van der Waals surface area contributed by atoms with Gasteiger partial charge in [0.05, 0.1) is 18.9 Å². The third-order valence-electron chi connectivity index (χ3n) is 7.03. The van der Waals surface area contributed by atoms with Crippen LogP contribution < -0.4 is 16.4 Å². The van der Waals surface area contributed by atoms with Crippen molar-refractivity contribution in [1.82, 2.24) is 5.32 Å². The number of amidine groups is 1. The molecule has 13 heteroatoms. The molecule has 0 atom stereocenters. The molecular formula is C30H30N4O8S. The van der Waals surface area contributed by atoms with Crippen LogP contribution in [0.4, 0.5) is 5.69 Å². The van der Waals surface area contributed by atoms with E-state index in [1.54, 1.807) is 42.5 Å². The number of nitrogens with one attached hydrogen (secondary N) is 3. The first-order valence-electron chi connectivity index (χ1n) is 13.2. The molecule has 0 aliphatic heterocycles. The Balaban J connectivity index is 1.73. The first-order chi connectivity index (χ1) is 20.3. The lowest BCUT2D eigenvalue weighted by atomic mass is 9.92. The van der Waals surface area contributed by atoms with Crippen molar-refractivity contribution in [3.8, 4) is 11.1 Å². The van der Waals surface area contributed by atoms with Crippen LogP contribution in [0.1, 0.15) is 62.3 Å². The number of hydrogen-bond acceptors (Lipinski definition) is 9. The third kappa shape index (κ3) is 7.07. The Bertz CT molecular complexity index is 1710. The minimum Gasteiger partial charge on any atom is -0.467 e. The fraction of sp³-hybridized carbons (Fsp3) is 0.233. The Hall–Kier alpha value is -5.04. The monoisotopic (exact) mass is 606 g/mol. The van der Waals surface area contributed by atoms with Gasteiger partial charge in [-0.2, -0.15) is 8.42 Å². The summed E-state index contributed by atoms with van der Waals surface area (Å²) in [5.74, 6) is -3.19. The van der Waals surface area contributed by atoms with Crippen molar-refractivity contribution < 1.29 is 36.5 Å². The van der Waals surface area contributed by atoms with E-state index in [1.165, 1.54) is 25.3 Å². The van der Waals surface area contributed by atoms with Crippen LogP contribution in [0.3, 0.4) is 0 Å². The summed E-state index contributed by atoms with van der Waals surface area (Å²) in [6.45, 7) is 0. The summed E-state index contributed by atoms with van der Waals surface area (Å²) in [5.41, 5.74) is 5.37. The highest BCUT2D eigenvalue weighted by molar-refractivity contribution is 7.86. The molecule has 1 fully saturated rings. The second-order valence-electron chi connectivity index (χ2n) is 10.1. The molecule has 1 saturated carbocycles. The van der Waals surface area contributed by atoms with Crippen LogP contribution in [0.5, 0.6) is 0 Å². The van der Waals surface area contributed by atoms with E-state index in [2.05, 4.69) is 14.8 Å². The van der Waals surface area contributed by atoms with Crippen molar-refractivity contribution in [3.63, 3.8) is 0 Å². The van der Waals surface area contributed by atoms with E-state index in [0.717, 1.165) is 6.07 Å². The van der Waals surface area contributed by atoms with Gasteiger partial charge < -0.3 is 25.3 Å². The van der Waals surface area contributed by atoms with Gasteiger partial charge in [0.25, 0.3) is 11.8 Å². The zero-order valence-electron chi connectivity index (χ0n) is 23.4. The topological polar surface area (TPSA) is 195 Å². The maximum Gasteiger partial charge on any atom is 0.354 e. The van der Waals surface area contributed by atoms with Gasteiger partial charge in [-0.15, -0.1) is 0 Å². The summed E-state index contributed by atoms with van der Waals surface area (Å²) in [7, 11) is -3.00. The lowest BCUT2D eigenvalue weighted by Crippen LogP contribution is -2.53. The number of carbonyl (C=O) groups is 4. The van der Waals surface area contributed by atoms with E-state index >= 15 is 0 Å². The Morgan fingerprint density at radius 1 is 0.860 bits per heavy atom. The van der Waals surface area contributed by atoms with Gasteiger partial charge in [-0.3, -0.25) is 15.0 Å². The maximum absolute atomic E-state index is 13.3. The number of benzene rings is 3. The van der Waals surface area contributed by atoms with Gasteiger partial charge in [0, 0.05) is 22.4 Å². The highest BCUT2D eigenvalue weighted by Gasteiger charge is 2.43. The van der Waals surface area contributed by atoms with Crippen LogP contribution >= 0.6 is 0 Å². The molecule has 3 aromatic rings. The molecule has 0 unspecified atom stereocenters. The first kappa shape index (κ1) is 30.9. The number of ether oxygens (including phenoxy) is 1. The molecule has 0 heterocycles. The second-order valence-corrected chi connectivity index (χ2v) is 11.6. The van der Waals surface area contributed by atoms with Crippen molar-refractivity contribution >= 4 is 45.4 Å². The molecule has 0 aromatic heterocycles. The zero-order chi connectivity index (χ0) is 31.4. The predicted octanol–water partition coefficient (Wildman–Crippen LogP) is 3.22. The number of hydrogen-bond donors (Lipinski definition) is 4. The Kier molecular flexibility index (Phi) is 8.95. The summed E-state index contributed by atoms with van der Waals surface area (Å²) in [4.78, 5) is 52.3. The third-order valence-corrected chi connectivity index (χ3v) is 7.48. The minimum absolute atomic E-state index is 0.0353. The number of nitrogen functional groups attached to an aromatic ring is 1. The van der Waals surface area contributed by atoms with Gasteiger partial charge in [-0.25, -0.2) is 9.59 Å². The van der Waals surface area contributed by atoms with Gasteiger partial charge >= 0.3 is 22.1 Å². The van der Waals surface area contributed by atoms with Crippen molar-refractivity contribution in [2.24, 2.45) is 5.73 Å². The first-order valence-corrected chi connectivity index (χ1v) is 15.0. The molecule has 5 N–H and O–H groups in total. The summed E-state index contributed by atoms with van der Waals surface area (Å²) >= 11 is 0. The summed E-state index contributed by atoms with van der Waals surface area (Å²) in [6.07, 6.45) is 2.89. The molecule has 3 aromatic carbocycles. The number of anilines is 1. The normalized spacial score (nSPS) is 13.9. The molecule has 1 aliphatic carbocycles. The van der Waals surface area contributed by atoms with Gasteiger partial charge in [0.2, 0.25) is 0 Å². The fourth-order valence-corrected chi connectivity index (χ4v) is 5.33. The Morgan fingerprint density at radius 2 is 1.47 bits per heavy atom. The number of rotatable bonds is 9. The largest absolute Gasteiger partial charge is 0.467 e. The Labute approximate surface area is 248 Å². The van der Waals surface area contributed by atoms with Crippen molar-refractivity contribution in [3.05, 3.63) is 89.0 Å². The van der Waals surface area contributed by atoms with E-state index < -0.39 is 39.4 Å². The molecule has 0 spiro atoms. The fourth-order valence-electron chi connectivity index (χ4n) is 4.96. The van der Waals surface area contributed by atoms with E-state index in [-0.39, 0.29) is 33.7 Å². The van der Waals surface area contributed by atoms with E-state index in [1.807, 2.05) is 0 Å². The van der Waals surface area contributed by atoms with Crippen molar-refractivity contribution in [2.45, 2.75) is 31.2 Å². The number of carbonyl (C=O) groups excluding carboxylic acids is 4. The molecule has 1 aliphatic rings. The molecule has 0 bridgehead atoms. The van der Waals surface area contributed by atoms with E-state index in [9.17, 15) is 27.6 Å². The van der Waals surface area contributed by atoms with Gasteiger partial charge in [0.15, 0.2) is 0 Å². The van der Waals surface area contributed by atoms with Gasteiger partial charge in [0.1, 0.15) is 11.4 Å². The molecule has 43 heavy (non-hydrogen) atoms. The lowest BCUT2D eigenvalue weighted by Gasteiger charge is -2.27. The van der Waals surface area contributed by atoms with E-state index in [0.29, 0.717) is 43.2 Å². The molecule has 0 saturated heterocycles. The van der Waals surface area contributed by atoms with Crippen molar-refractivity contribution in [1.29, 1.82) is 5.41 Å². The lowest BCUT2D eigenvalue weighted by molar-refractivity contribution is -0.148. The summed E-state index contributed by atoms with van der Waals surface area (Å²) in [5, 5.41) is 13.0. The van der Waals surface area contributed by atoms with Crippen LogP contribution in [0.2, 0.25) is 0 Å². The zero-order valence-corrected chi connectivity index (χ0v) is 24.2. The second kappa shape index (κ2) is 12.4. The smallest absolute Gasteiger partial charge is 0.354 e. The summed E-state index contributed by atoms with van der Waals surface area (Å²) in [6, 6.07) is 16.6. The predicted molar refractivity (Wildman–Crippen MR) is 158 cm³/mol. The van der Waals surface area contributed by atoms with Crippen molar-refractivity contribution in [2.75, 3.05) is 18.7 Å². The molecular weight excluding hydrogens is 576 g/mol. The molecule has 4 rings (SSSR count). The minimum atomic E-state index is -4.24.